The summed E-state index contributed by atoms with van der Waals surface area (Å²) >= 11 is 0. The summed E-state index contributed by atoms with van der Waals surface area (Å²) < 4.78 is 0. The minimum Gasteiger partial charge on any atom is -0.481 e. The number of hydrogen-bond acceptors (Lipinski definition) is 1. The molecule has 71 valence electrons. The van der Waals surface area contributed by atoms with E-state index in [1.807, 2.05) is 20.8 Å². The Morgan fingerprint density at radius 3 is 1.45 bits per heavy atom. The van der Waals surface area contributed by atoms with Crippen molar-refractivity contribution in [2.75, 3.05) is 0 Å². The minimum atomic E-state index is -0.653. The molecule has 0 spiro atoms. The summed E-state index contributed by atoms with van der Waals surface area (Å²) in [5.74, 6) is -0.653. The average Bonchev–Trinajstić information content (AvgIpc) is 1.92. The molecule has 0 saturated heterocycles. The molecule has 3 heteroatoms. The average molecular weight is 252 g/mol. The number of carbonyl (C=O) groups is 1. The van der Waals surface area contributed by atoms with Crippen LogP contribution in [-0.4, -0.2) is 11.1 Å². The molecule has 0 amide bonds. The van der Waals surface area contributed by atoms with Crippen LogP contribution in [0.2, 0.25) is 0 Å². The molecule has 0 aliphatic heterocycles. The van der Waals surface area contributed by atoms with E-state index in [9.17, 15) is 4.79 Å². The molecule has 0 aromatic rings. The first-order chi connectivity index (χ1) is 4.63. The second-order valence-electron chi connectivity index (χ2n) is 2.65. The molecule has 0 aromatic heterocycles. The smallest absolute Gasteiger partial charge is 0.309 e. The Balaban J connectivity index is 0. The number of carboxylic acid groups (broad SMARTS) is 1. The molecule has 1 N–H and O–H groups in total. The van der Waals surface area contributed by atoms with Gasteiger partial charge in [0.2, 0.25) is 0 Å². The van der Waals surface area contributed by atoms with Crippen LogP contribution in [0, 0.1) is 5.41 Å². The Kier molecular flexibility index (Phi) is 7.28. The Labute approximate surface area is 83.9 Å². The van der Waals surface area contributed by atoms with Crippen molar-refractivity contribution in [1.82, 2.24) is 0 Å². The van der Waals surface area contributed by atoms with Gasteiger partial charge in [0.15, 0.2) is 0 Å². The molecular weight excluding hydrogens is 236 g/mol. The standard InChI is InChI=1S/C8H16O2.Ag/c1-4-8(5-2,6-3)7(9)10;/h4-6H2,1-3H3,(H,9,10);. The molecule has 0 aromatic carbocycles. The Hall–Kier alpha value is 0.210. The first-order valence-corrected chi connectivity index (χ1v) is 3.86. The van der Waals surface area contributed by atoms with Gasteiger partial charge in [-0.3, -0.25) is 4.79 Å². The van der Waals surface area contributed by atoms with Crippen LogP contribution in [0.3, 0.4) is 0 Å². The summed E-state index contributed by atoms with van der Waals surface area (Å²) in [5.41, 5.74) is -0.458. The summed E-state index contributed by atoms with van der Waals surface area (Å²) in [7, 11) is 0. The van der Waals surface area contributed by atoms with Crippen LogP contribution in [-0.2, 0) is 27.2 Å². The molecule has 11 heavy (non-hydrogen) atoms. The van der Waals surface area contributed by atoms with Gasteiger partial charge < -0.3 is 5.11 Å². The molecule has 0 heterocycles. The molecule has 0 aliphatic carbocycles. The SMILES string of the molecule is CCC(CC)(CC)C(=O)O.[Ag]. The molecule has 0 rings (SSSR count). The van der Waals surface area contributed by atoms with Gasteiger partial charge in [-0.05, 0) is 19.3 Å². The monoisotopic (exact) mass is 251 g/mol. The Bertz CT molecular complexity index is 111. The number of aliphatic carboxylic acids is 1. The second-order valence-corrected chi connectivity index (χ2v) is 2.65. The van der Waals surface area contributed by atoms with E-state index in [1.165, 1.54) is 0 Å². The summed E-state index contributed by atoms with van der Waals surface area (Å²) in [4.78, 5) is 10.7. The third kappa shape index (κ3) is 2.97. The van der Waals surface area contributed by atoms with Gasteiger partial charge in [0, 0.05) is 22.4 Å². The first kappa shape index (κ1) is 13.8. The molecule has 0 aliphatic rings. The summed E-state index contributed by atoms with van der Waals surface area (Å²) in [6.45, 7) is 5.80. The van der Waals surface area contributed by atoms with Gasteiger partial charge in [-0.1, -0.05) is 20.8 Å². The van der Waals surface area contributed by atoms with E-state index in [1.54, 1.807) is 0 Å². The van der Waals surface area contributed by atoms with Crippen LogP contribution in [0.1, 0.15) is 40.0 Å². The van der Waals surface area contributed by atoms with Crippen molar-refractivity contribution in [1.29, 1.82) is 0 Å². The van der Waals surface area contributed by atoms with E-state index in [0.29, 0.717) is 0 Å². The predicted octanol–water partition coefficient (Wildman–Crippen LogP) is 2.28. The van der Waals surface area contributed by atoms with Crippen molar-refractivity contribution in [2.24, 2.45) is 5.41 Å². The van der Waals surface area contributed by atoms with Crippen LogP contribution in [0.5, 0.6) is 0 Å². The van der Waals surface area contributed by atoms with Crippen molar-refractivity contribution in [2.45, 2.75) is 40.0 Å². The minimum absolute atomic E-state index is 0. The van der Waals surface area contributed by atoms with Crippen LogP contribution >= 0.6 is 0 Å². The zero-order chi connectivity index (χ0) is 8.20. The van der Waals surface area contributed by atoms with Gasteiger partial charge >= 0.3 is 5.97 Å². The van der Waals surface area contributed by atoms with Crippen LogP contribution in [0.4, 0.5) is 0 Å². The quantitative estimate of drug-likeness (QED) is 0.779. The van der Waals surface area contributed by atoms with Gasteiger partial charge in [0.25, 0.3) is 0 Å². The van der Waals surface area contributed by atoms with E-state index in [0.717, 1.165) is 19.3 Å². The van der Waals surface area contributed by atoms with Gasteiger partial charge in [-0.25, -0.2) is 0 Å². The van der Waals surface area contributed by atoms with Crippen molar-refractivity contribution in [3.63, 3.8) is 0 Å². The van der Waals surface area contributed by atoms with Gasteiger partial charge in [0.1, 0.15) is 0 Å². The normalized spacial score (nSPS) is 10.5. The van der Waals surface area contributed by atoms with Crippen LogP contribution in [0.15, 0.2) is 0 Å². The molecule has 2 nitrogen and oxygen atoms in total. The van der Waals surface area contributed by atoms with Crippen molar-refractivity contribution in [3.05, 3.63) is 0 Å². The topological polar surface area (TPSA) is 37.3 Å². The fraction of sp³-hybridized carbons (Fsp3) is 0.875. The van der Waals surface area contributed by atoms with E-state index >= 15 is 0 Å². The Morgan fingerprint density at radius 1 is 1.18 bits per heavy atom. The third-order valence-corrected chi connectivity index (χ3v) is 2.48. The van der Waals surface area contributed by atoms with E-state index in [4.69, 9.17) is 5.11 Å². The number of hydrogen-bond donors (Lipinski definition) is 1. The zero-order valence-electron chi connectivity index (χ0n) is 7.28. The van der Waals surface area contributed by atoms with E-state index in [-0.39, 0.29) is 22.4 Å². The summed E-state index contributed by atoms with van der Waals surface area (Å²) in [6, 6.07) is 0. The fourth-order valence-electron chi connectivity index (χ4n) is 1.20. The zero-order valence-corrected chi connectivity index (χ0v) is 8.76. The molecule has 0 fully saturated rings. The number of carboxylic acids is 1. The summed E-state index contributed by atoms with van der Waals surface area (Å²) in [6.07, 6.45) is 2.19. The predicted molar refractivity (Wildman–Crippen MR) is 40.9 cm³/mol. The second kappa shape index (κ2) is 5.81. The molecule has 0 saturated carbocycles. The maximum absolute atomic E-state index is 10.7. The van der Waals surface area contributed by atoms with Gasteiger partial charge in [-0.2, -0.15) is 0 Å². The van der Waals surface area contributed by atoms with Crippen LogP contribution < -0.4 is 0 Å². The van der Waals surface area contributed by atoms with Crippen molar-refractivity contribution >= 4 is 5.97 Å². The third-order valence-electron chi connectivity index (χ3n) is 2.48. The Morgan fingerprint density at radius 2 is 1.45 bits per heavy atom. The van der Waals surface area contributed by atoms with E-state index < -0.39 is 11.4 Å². The van der Waals surface area contributed by atoms with Crippen LogP contribution in [0.25, 0.3) is 0 Å². The fourth-order valence-corrected chi connectivity index (χ4v) is 1.20. The number of rotatable bonds is 4. The molecule has 0 bridgehead atoms. The first-order valence-electron chi connectivity index (χ1n) is 3.86. The largest absolute Gasteiger partial charge is 0.481 e. The van der Waals surface area contributed by atoms with Crippen molar-refractivity contribution in [3.8, 4) is 0 Å². The van der Waals surface area contributed by atoms with Gasteiger partial charge in [-0.15, -0.1) is 0 Å². The molecule has 0 unspecified atom stereocenters. The van der Waals surface area contributed by atoms with Gasteiger partial charge in [0.05, 0.1) is 5.41 Å². The van der Waals surface area contributed by atoms with E-state index in [2.05, 4.69) is 0 Å². The van der Waals surface area contributed by atoms with Crippen molar-refractivity contribution < 1.29 is 32.3 Å². The maximum atomic E-state index is 10.7. The molecular formula is C8H16AgO2. The molecule has 0 atom stereocenters. The maximum Gasteiger partial charge on any atom is 0.309 e. The molecule has 1 radical (unpaired) electrons. The summed E-state index contributed by atoms with van der Waals surface area (Å²) in [5, 5.41) is 8.82.